The Morgan fingerprint density at radius 2 is 1.78 bits per heavy atom. The van der Waals surface area contributed by atoms with Gasteiger partial charge in [0.2, 0.25) is 5.91 Å². The molecule has 5 nitrogen and oxygen atoms in total. The van der Waals surface area contributed by atoms with Crippen LogP contribution in [0.3, 0.4) is 0 Å². The van der Waals surface area contributed by atoms with Gasteiger partial charge < -0.3 is 15.8 Å². The number of unbranched alkanes of at least 4 members (excludes halogenated alkanes) is 5. The number of hydrogen-bond donors (Lipinski definition) is 2. The highest BCUT2D eigenvalue weighted by atomic mass is 16.4. The zero-order valence-electron chi connectivity index (χ0n) is 11.7. The molecule has 0 saturated heterocycles. The van der Waals surface area contributed by atoms with E-state index < -0.39 is 0 Å². The van der Waals surface area contributed by atoms with Crippen LogP contribution in [0.25, 0.3) is 0 Å². The quantitative estimate of drug-likeness (QED) is 0.207. The molecule has 0 aliphatic carbocycles. The van der Waals surface area contributed by atoms with E-state index >= 15 is 0 Å². The van der Waals surface area contributed by atoms with Gasteiger partial charge in [-0.3, -0.25) is 4.79 Å². The fraction of sp³-hybridized carbons (Fsp3) is 0.846. The third-order valence-electron chi connectivity index (χ3n) is 3.00. The van der Waals surface area contributed by atoms with Gasteiger partial charge in [-0.15, -0.1) is 0 Å². The smallest absolute Gasteiger partial charge is 0.222 e. The third-order valence-corrected chi connectivity index (χ3v) is 3.00. The maximum atomic E-state index is 11.7. The highest BCUT2D eigenvalue weighted by Crippen LogP contribution is 2.08. The molecule has 0 aliphatic heterocycles. The fourth-order valence-electron chi connectivity index (χ4n) is 1.70. The highest BCUT2D eigenvalue weighted by Gasteiger charge is 2.08. The maximum absolute atomic E-state index is 11.7. The second-order valence-corrected chi connectivity index (χ2v) is 4.67. The topological polar surface area (TPSA) is 78.9 Å². The van der Waals surface area contributed by atoms with Crippen LogP contribution in [0.4, 0.5) is 0 Å². The van der Waals surface area contributed by atoms with Crippen molar-refractivity contribution in [2.75, 3.05) is 13.6 Å². The van der Waals surface area contributed by atoms with Crippen LogP contribution < -0.4 is 5.73 Å². The van der Waals surface area contributed by atoms with Crippen LogP contribution in [-0.2, 0) is 4.79 Å². The molecule has 0 aromatic carbocycles. The summed E-state index contributed by atoms with van der Waals surface area (Å²) in [4.78, 5) is 13.4. The zero-order chi connectivity index (χ0) is 13.8. The summed E-state index contributed by atoms with van der Waals surface area (Å²) >= 11 is 0. The molecule has 1 amide bonds. The molecular formula is C13H27N3O2. The minimum atomic E-state index is 0.135. The van der Waals surface area contributed by atoms with E-state index in [9.17, 15) is 4.79 Å². The maximum Gasteiger partial charge on any atom is 0.222 e. The Balaban J connectivity index is 3.56. The van der Waals surface area contributed by atoms with E-state index in [4.69, 9.17) is 10.9 Å². The van der Waals surface area contributed by atoms with Crippen molar-refractivity contribution in [1.82, 2.24) is 4.90 Å². The van der Waals surface area contributed by atoms with Crippen LogP contribution in [-0.4, -0.2) is 35.4 Å². The lowest BCUT2D eigenvalue weighted by Crippen LogP contribution is -2.30. The first-order valence-electron chi connectivity index (χ1n) is 6.82. The summed E-state index contributed by atoms with van der Waals surface area (Å²) in [6.45, 7) is 2.70. The molecule has 0 atom stereocenters. The summed E-state index contributed by atoms with van der Waals surface area (Å²) in [6.07, 6.45) is 8.10. The average molecular weight is 257 g/mol. The Morgan fingerprint density at radius 3 is 2.39 bits per heavy atom. The Labute approximate surface area is 110 Å². The predicted octanol–water partition coefficient (Wildman–Crippen LogP) is 2.33. The molecular weight excluding hydrogens is 230 g/mol. The molecule has 0 aromatic heterocycles. The van der Waals surface area contributed by atoms with Crippen LogP contribution in [0.2, 0.25) is 0 Å². The first-order valence-corrected chi connectivity index (χ1v) is 6.82. The van der Waals surface area contributed by atoms with E-state index in [1.54, 1.807) is 11.9 Å². The van der Waals surface area contributed by atoms with Gasteiger partial charge in [-0.2, -0.15) is 0 Å². The molecule has 106 valence electrons. The van der Waals surface area contributed by atoms with Crippen molar-refractivity contribution in [3.63, 3.8) is 0 Å². The Hall–Kier alpha value is -1.26. The Morgan fingerprint density at radius 1 is 1.17 bits per heavy atom. The van der Waals surface area contributed by atoms with Crippen LogP contribution in [0.15, 0.2) is 5.16 Å². The van der Waals surface area contributed by atoms with Gasteiger partial charge >= 0.3 is 0 Å². The lowest BCUT2D eigenvalue weighted by Gasteiger charge is -2.16. The van der Waals surface area contributed by atoms with Gasteiger partial charge in [0.15, 0.2) is 0 Å². The lowest BCUT2D eigenvalue weighted by atomic mass is 10.1. The van der Waals surface area contributed by atoms with Gasteiger partial charge in [-0.05, 0) is 6.42 Å². The van der Waals surface area contributed by atoms with Crippen LogP contribution in [0.1, 0.15) is 58.3 Å². The summed E-state index contributed by atoms with van der Waals surface area (Å²) in [5, 5.41) is 11.3. The number of amidine groups is 1. The molecule has 0 aromatic rings. The minimum absolute atomic E-state index is 0.135. The standard InChI is InChI=1S/C13H27N3O2/c1-3-4-5-6-7-8-9-13(17)16(2)11-10-12(14)15-18/h18H,3-11H2,1-2H3,(H2,14,15). The van der Waals surface area contributed by atoms with Crippen molar-refractivity contribution in [2.24, 2.45) is 10.9 Å². The summed E-state index contributed by atoms with van der Waals surface area (Å²) < 4.78 is 0. The zero-order valence-corrected chi connectivity index (χ0v) is 11.7. The minimum Gasteiger partial charge on any atom is -0.409 e. The normalized spacial score (nSPS) is 11.6. The number of rotatable bonds is 10. The molecule has 0 aliphatic rings. The monoisotopic (exact) mass is 257 g/mol. The molecule has 3 N–H and O–H groups in total. The third kappa shape index (κ3) is 8.84. The van der Waals surface area contributed by atoms with E-state index in [0.717, 1.165) is 12.8 Å². The first kappa shape index (κ1) is 16.7. The SMILES string of the molecule is CCCCCCCCC(=O)N(C)CCC(N)=NO. The van der Waals surface area contributed by atoms with Crippen LogP contribution >= 0.6 is 0 Å². The number of carbonyl (C=O) groups is 1. The molecule has 0 unspecified atom stereocenters. The number of amides is 1. The molecule has 0 heterocycles. The summed E-state index contributed by atoms with van der Waals surface area (Å²) in [5.74, 6) is 0.297. The van der Waals surface area contributed by atoms with Crippen molar-refractivity contribution in [3.05, 3.63) is 0 Å². The molecule has 0 radical (unpaired) electrons. The fourth-order valence-corrected chi connectivity index (χ4v) is 1.70. The van der Waals surface area contributed by atoms with Crippen molar-refractivity contribution < 1.29 is 10.0 Å². The van der Waals surface area contributed by atoms with Crippen LogP contribution in [0.5, 0.6) is 0 Å². The van der Waals surface area contributed by atoms with Gasteiger partial charge in [-0.1, -0.05) is 44.2 Å². The number of nitrogens with two attached hydrogens (primary N) is 1. The van der Waals surface area contributed by atoms with Gasteiger partial charge in [-0.25, -0.2) is 0 Å². The van der Waals surface area contributed by atoms with E-state index in [-0.39, 0.29) is 11.7 Å². The largest absolute Gasteiger partial charge is 0.409 e. The first-order chi connectivity index (χ1) is 8.61. The van der Waals surface area contributed by atoms with Gasteiger partial charge in [0, 0.05) is 26.4 Å². The Kier molecular flexibility index (Phi) is 10.1. The number of hydrogen-bond acceptors (Lipinski definition) is 3. The second-order valence-electron chi connectivity index (χ2n) is 4.67. The summed E-state index contributed by atoms with van der Waals surface area (Å²) in [7, 11) is 1.75. The number of carbonyl (C=O) groups excluding carboxylic acids is 1. The van der Waals surface area contributed by atoms with E-state index in [2.05, 4.69) is 12.1 Å². The molecule has 0 bridgehead atoms. The molecule has 0 fully saturated rings. The van der Waals surface area contributed by atoms with Gasteiger partial charge in [0.25, 0.3) is 0 Å². The summed E-state index contributed by atoms with van der Waals surface area (Å²) in [6, 6.07) is 0. The molecule has 0 saturated carbocycles. The highest BCUT2D eigenvalue weighted by molar-refractivity contribution is 5.81. The van der Waals surface area contributed by atoms with E-state index in [1.807, 2.05) is 0 Å². The number of oxime groups is 1. The van der Waals surface area contributed by atoms with E-state index in [1.165, 1.54) is 25.7 Å². The van der Waals surface area contributed by atoms with Gasteiger partial charge in [0.1, 0.15) is 5.84 Å². The number of nitrogens with zero attached hydrogens (tertiary/aromatic N) is 2. The van der Waals surface area contributed by atoms with Crippen molar-refractivity contribution >= 4 is 11.7 Å². The second kappa shape index (κ2) is 10.9. The molecule has 18 heavy (non-hydrogen) atoms. The molecule has 0 rings (SSSR count). The van der Waals surface area contributed by atoms with Crippen molar-refractivity contribution in [1.29, 1.82) is 0 Å². The van der Waals surface area contributed by atoms with Gasteiger partial charge in [0.05, 0.1) is 0 Å². The molecule has 5 heteroatoms. The van der Waals surface area contributed by atoms with Crippen molar-refractivity contribution in [3.8, 4) is 0 Å². The lowest BCUT2D eigenvalue weighted by molar-refractivity contribution is -0.129. The Bertz CT molecular complexity index is 255. The predicted molar refractivity (Wildman–Crippen MR) is 73.7 cm³/mol. The average Bonchev–Trinajstić information content (AvgIpc) is 2.39. The van der Waals surface area contributed by atoms with E-state index in [0.29, 0.717) is 19.4 Å². The van der Waals surface area contributed by atoms with Crippen molar-refractivity contribution in [2.45, 2.75) is 58.3 Å². The van der Waals surface area contributed by atoms with Crippen LogP contribution in [0, 0.1) is 0 Å². The summed E-state index contributed by atoms with van der Waals surface area (Å²) in [5.41, 5.74) is 5.35. The molecule has 0 spiro atoms.